The van der Waals surface area contributed by atoms with Gasteiger partial charge in [-0.3, -0.25) is 9.48 Å². The van der Waals surface area contributed by atoms with Crippen LogP contribution >= 0.6 is 0 Å². The van der Waals surface area contributed by atoms with E-state index in [1.165, 1.54) is 11.8 Å². The van der Waals surface area contributed by atoms with Crippen molar-refractivity contribution in [3.8, 4) is 0 Å². The highest BCUT2D eigenvalue weighted by Gasteiger charge is 2.12. The summed E-state index contributed by atoms with van der Waals surface area (Å²) in [4.78, 5) is 26.2. The number of aromatic nitrogens is 3. The summed E-state index contributed by atoms with van der Waals surface area (Å²) in [6.45, 7) is 0. The van der Waals surface area contributed by atoms with Crippen LogP contribution in [0.25, 0.3) is 21.8 Å². The van der Waals surface area contributed by atoms with Gasteiger partial charge in [-0.1, -0.05) is 6.07 Å². The van der Waals surface area contributed by atoms with Crippen LogP contribution in [0.4, 0.5) is 0 Å². The number of H-pyrrole nitrogens is 1. The van der Waals surface area contributed by atoms with Crippen LogP contribution in [0.1, 0.15) is 10.4 Å². The van der Waals surface area contributed by atoms with E-state index in [0.29, 0.717) is 16.6 Å². The Bertz CT molecular complexity index is 861. The number of fused-ring (bicyclic) bond motifs is 3. The molecule has 0 aliphatic carbocycles. The number of aryl methyl sites for hydroxylation is 1. The molecule has 3 rings (SSSR count). The number of rotatable bonds is 1. The smallest absolute Gasteiger partial charge is 0.337 e. The number of esters is 1. The highest BCUT2D eigenvalue weighted by atomic mass is 16.5. The van der Waals surface area contributed by atoms with Crippen LogP contribution < -0.4 is 5.56 Å². The number of methoxy groups -OCH3 is 1. The molecule has 0 atom stereocenters. The fourth-order valence-corrected chi connectivity index (χ4v) is 2.21. The molecule has 0 aliphatic rings. The standard InChI is InChI=1S/C13H11N3O3/c1-16-11-9(6-14-16)8-4-3-7(13(18)19-2)5-10(8)15-12(11)17/h3-6H,1-2H3,(H,15,17). The molecule has 6 nitrogen and oxygen atoms in total. The second-order valence-corrected chi connectivity index (χ2v) is 4.24. The lowest BCUT2D eigenvalue weighted by Gasteiger charge is -2.03. The van der Waals surface area contributed by atoms with Crippen molar-refractivity contribution in [1.29, 1.82) is 0 Å². The Morgan fingerprint density at radius 2 is 2.16 bits per heavy atom. The maximum absolute atomic E-state index is 12.0. The van der Waals surface area contributed by atoms with Gasteiger partial charge in [0.1, 0.15) is 5.52 Å². The Balaban J connectivity index is 2.40. The molecule has 19 heavy (non-hydrogen) atoms. The maximum atomic E-state index is 12.0. The summed E-state index contributed by atoms with van der Waals surface area (Å²) in [5, 5.41) is 5.69. The van der Waals surface area contributed by atoms with Crippen LogP contribution in [-0.4, -0.2) is 27.8 Å². The van der Waals surface area contributed by atoms with Gasteiger partial charge in [-0.15, -0.1) is 0 Å². The van der Waals surface area contributed by atoms with Crippen molar-refractivity contribution in [2.24, 2.45) is 7.05 Å². The van der Waals surface area contributed by atoms with Crippen molar-refractivity contribution in [1.82, 2.24) is 14.8 Å². The Morgan fingerprint density at radius 3 is 2.89 bits per heavy atom. The summed E-state index contributed by atoms with van der Waals surface area (Å²) in [5.74, 6) is -0.436. The molecule has 1 N–H and O–H groups in total. The molecule has 0 amide bonds. The molecule has 0 unspecified atom stereocenters. The van der Waals surface area contributed by atoms with Crippen LogP contribution in [0.5, 0.6) is 0 Å². The molecule has 2 aromatic heterocycles. The van der Waals surface area contributed by atoms with Crippen molar-refractivity contribution in [3.05, 3.63) is 40.3 Å². The van der Waals surface area contributed by atoms with Crippen LogP contribution in [-0.2, 0) is 11.8 Å². The molecule has 0 aliphatic heterocycles. The number of hydrogen-bond acceptors (Lipinski definition) is 4. The van der Waals surface area contributed by atoms with Crippen molar-refractivity contribution < 1.29 is 9.53 Å². The Labute approximate surface area is 107 Å². The Kier molecular flexibility index (Phi) is 2.38. The van der Waals surface area contributed by atoms with E-state index >= 15 is 0 Å². The van der Waals surface area contributed by atoms with E-state index in [4.69, 9.17) is 0 Å². The lowest BCUT2D eigenvalue weighted by molar-refractivity contribution is 0.0601. The molecule has 0 bridgehead atoms. The SMILES string of the molecule is COC(=O)c1ccc2c(c1)[nH]c(=O)c1c2cnn1C. The minimum atomic E-state index is -0.436. The van der Waals surface area contributed by atoms with Crippen molar-refractivity contribution in [3.63, 3.8) is 0 Å². The van der Waals surface area contributed by atoms with Gasteiger partial charge in [-0.2, -0.15) is 5.10 Å². The molecule has 0 saturated heterocycles. The highest BCUT2D eigenvalue weighted by Crippen LogP contribution is 2.21. The average molecular weight is 257 g/mol. The monoisotopic (exact) mass is 257 g/mol. The molecule has 0 spiro atoms. The van der Waals surface area contributed by atoms with Gasteiger partial charge < -0.3 is 9.72 Å². The van der Waals surface area contributed by atoms with Crippen molar-refractivity contribution in [2.45, 2.75) is 0 Å². The van der Waals surface area contributed by atoms with Gasteiger partial charge in [0.05, 0.1) is 18.9 Å². The van der Waals surface area contributed by atoms with Gasteiger partial charge in [0.2, 0.25) is 0 Å². The number of pyridine rings is 1. The van der Waals surface area contributed by atoms with E-state index in [9.17, 15) is 9.59 Å². The molecular formula is C13H11N3O3. The largest absolute Gasteiger partial charge is 0.465 e. The van der Waals surface area contributed by atoms with Crippen LogP contribution in [0.3, 0.4) is 0 Å². The minimum absolute atomic E-state index is 0.232. The highest BCUT2D eigenvalue weighted by molar-refractivity contribution is 6.05. The Hall–Kier alpha value is -2.63. The third-order valence-corrected chi connectivity index (χ3v) is 3.13. The average Bonchev–Trinajstić information content (AvgIpc) is 2.80. The maximum Gasteiger partial charge on any atom is 0.337 e. The molecule has 0 radical (unpaired) electrons. The molecule has 3 aromatic rings. The number of benzene rings is 1. The van der Waals surface area contributed by atoms with Gasteiger partial charge >= 0.3 is 5.97 Å². The van der Waals surface area contributed by atoms with Gasteiger partial charge in [-0.05, 0) is 12.1 Å². The first kappa shape index (κ1) is 11.5. The number of ether oxygens (including phenoxy) is 1. The lowest BCUT2D eigenvalue weighted by Crippen LogP contribution is -2.10. The normalized spacial score (nSPS) is 11.1. The number of aromatic amines is 1. The van der Waals surface area contributed by atoms with E-state index in [0.717, 1.165) is 10.8 Å². The second-order valence-electron chi connectivity index (χ2n) is 4.24. The number of carbonyl (C=O) groups excluding carboxylic acids is 1. The van der Waals surface area contributed by atoms with Crippen LogP contribution in [0, 0.1) is 0 Å². The van der Waals surface area contributed by atoms with Crippen molar-refractivity contribution >= 4 is 27.8 Å². The summed E-state index contributed by atoms with van der Waals surface area (Å²) in [6, 6.07) is 5.05. The first-order chi connectivity index (χ1) is 9.11. The Morgan fingerprint density at radius 1 is 1.37 bits per heavy atom. The predicted molar refractivity (Wildman–Crippen MR) is 70.2 cm³/mol. The zero-order valence-electron chi connectivity index (χ0n) is 10.4. The van der Waals surface area contributed by atoms with E-state index in [-0.39, 0.29) is 5.56 Å². The summed E-state index contributed by atoms with van der Waals surface area (Å²) in [7, 11) is 3.03. The molecular weight excluding hydrogens is 246 g/mol. The quantitative estimate of drug-likeness (QED) is 0.664. The van der Waals surface area contributed by atoms with Gasteiger partial charge in [0.25, 0.3) is 5.56 Å². The third kappa shape index (κ3) is 1.61. The van der Waals surface area contributed by atoms with E-state index < -0.39 is 5.97 Å². The summed E-state index contributed by atoms with van der Waals surface area (Å²) in [6.07, 6.45) is 1.64. The zero-order valence-corrected chi connectivity index (χ0v) is 10.4. The third-order valence-electron chi connectivity index (χ3n) is 3.13. The first-order valence-electron chi connectivity index (χ1n) is 5.68. The second kappa shape index (κ2) is 3.94. The molecule has 0 saturated carbocycles. The first-order valence-corrected chi connectivity index (χ1v) is 5.68. The van der Waals surface area contributed by atoms with Crippen LogP contribution in [0.2, 0.25) is 0 Å². The lowest BCUT2D eigenvalue weighted by atomic mass is 10.1. The summed E-state index contributed by atoms with van der Waals surface area (Å²) >= 11 is 0. The van der Waals surface area contributed by atoms with Gasteiger partial charge in [0, 0.05) is 23.3 Å². The summed E-state index contributed by atoms with van der Waals surface area (Å²) in [5.41, 5.74) is 1.27. The molecule has 6 heteroatoms. The zero-order chi connectivity index (χ0) is 13.6. The number of carbonyl (C=O) groups is 1. The van der Waals surface area contributed by atoms with Gasteiger partial charge in [0.15, 0.2) is 0 Å². The fraction of sp³-hybridized carbons (Fsp3) is 0.154. The number of nitrogens with zero attached hydrogens (tertiary/aromatic N) is 2. The fourth-order valence-electron chi connectivity index (χ4n) is 2.21. The molecule has 1 aromatic carbocycles. The minimum Gasteiger partial charge on any atom is -0.465 e. The summed E-state index contributed by atoms with van der Waals surface area (Å²) < 4.78 is 6.19. The van der Waals surface area contributed by atoms with Crippen LogP contribution in [0.15, 0.2) is 29.2 Å². The van der Waals surface area contributed by atoms with E-state index in [1.54, 1.807) is 31.4 Å². The topological polar surface area (TPSA) is 77.0 Å². The molecule has 2 heterocycles. The van der Waals surface area contributed by atoms with E-state index in [2.05, 4.69) is 14.8 Å². The predicted octanol–water partition coefficient (Wildman–Crippen LogP) is 1.20. The number of hydrogen-bond donors (Lipinski definition) is 1. The van der Waals surface area contributed by atoms with Gasteiger partial charge in [-0.25, -0.2) is 4.79 Å². The molecule has 96 valence electrons. The van der Waals surface area contributed by atoms with Crippen molar-refractivity contribution in [2.75, 3.05) is 7.11 Å². The molecule has 0 fully saturated rings. The number of nitrogens with one attached hydrogen (secondary N) is 1. The van der Waals surface area contributed by atoms with E-state index in [1.807, 2.05) is 0 Å².